The van der Waals surface area contributed by atoms with Crippen LogP contribution in [0.4, 0.5) is 13.2 Å². The molecule has 0 aliphatic carbocycles. The first kappa shape index (κ1) is 24.4. The van der Waals surface area contributed by atoms with Gasteiger partial charge in [0.2, 0.25) is 10.0 Å². The summed E-state index contributed by atoms with van der Waals surface area (Å²) in [4.78, 5) is 15.8. The van der Waals surface area contributed by atoms with Crippen LogP contribution in [0.5, 0.6) is 5.75 Å². The maximum atomic E-state index is 13.1. The lowest BCUT2D eigenvalue weighted by atomic mass is 10.1. The molecule has 1 amide bonds. The van der Waals surface area contributed by atoms with Gasteiger partial charge in [0, 0.05) is 39.3 Å². The van der Waals surface area contributed by atoms with Crippen molar-refractivity contribution >= 4 is 15.9 Å². The van der Waals surface area contributed by atoms with Crippen LogP contribution in [-0.2, 0) is 10.0 Å². The average Bonchev–Trinajstić information content (AvgIpc) is 2.91. The summed E-state index contributed by atoms with van der Waals surface area (Å²) in [5.41, 5.74) is 0.0787. The second-order valence-electron chi connectivity index (χ2n) is 6.99. The van der Waals surface area contributed by atoms with Crippen molar-refractivity contribution in [3.05, 3.63) is 23.8 Å². The summed E-state index contributed by atoms with van der Waals surface area (Å²) in [6.45, 7) is 3.72. The fourth-order valence-electron chi connectivity index (χ4n) is 3.48. The number of carbonyl (C=O) groups excluding carboxylic acids is 1. The molecule has 0 unspecified atom stereocenters. The smallest absolute Gasteiger partial charge is 0.401 e. The Morgan fingerprint density at radius 2 is 1.80 bits per heavy atom. The Hall–Kier alpha value is -1.85. The van der Waals surface area contributed by atoms with Crippen molar-refractivity contribution in [2.45, 2.75) is 31.3 Å². The van der Waals surface area contributed by atoms with Crippen molar-refractivity contribution in [1.82, 2.24) is 14.1 Å². The molecule has 30 heavy (non-hydrogen) atoms. The van der Waals surface area contributed by atoms with Crippen LogP contribution < -0.4 is 4.74 Å². The van der Waals surface area contributed by atoms with Gasteiger partial charge in [0.15, 0.2) is 0 Å². The van der Waals surface area contributed by atoms with Crippen molar-refractivity contribution in [3.63, 3.8) is 0 Å². The summed E-state index contributed by atoms with van der Waals surface area (Å²) in [5, 5.41) is 0. The van der Waals surface area contributed by atoms with E-state index in [4.69, 9.17) is 4.74 Å². The van der Waals surface area contributed by atoms with E-state index in [0.717, 1.165) is 0 Å². The molecule has 1 aromatic rings. The van der Waals surface area contributed by atoms with Crippen LogP contribution in [0.3, 0.4) is 0 Å². The van der Waals surface area contributed by atoms with E-state index in [1.165, 1.54) is 39.4 Å². The largest absolute Gasteiger partial charge is 0.496 e. The van der Waals surface area contributed by atoms with Crippen LogP contribution in [0.2, 0.25) is 0 Å². The molecule has 0 spiro atoms. The molecule has 1 fully saturated rings. The van der Waals surface area contributed by atoms with Gasteiger partial charge in [-0.2, -0.15) is 17.5 Å². The van der Waals surface area contributed by atoms with E-state index in [-0.39, 0.29) is 55.5 Å². The van der Waals surface area contributed by atoms with Gasteiger partial charge in [0.1, 0.15) is 5.75 Å². The van der Waals surface area contributed by atoms with Crippen LogP contribution in [0.1, 0.15) is 30.6 Å². The third kappa shape index (κ3) is 5.86. The molecule has 1 aromatic carbocycles. The van der Waals surface area contributed by atoms with Gasteiger partial charge >= 0.3 is 6.18 Å². The van der Waals surface area contributed by atoms with Gasteiger partial charge in [-0.15, -0.1) is 0 Å². The average molecular weight is 452 g/mol. The van der Waals surface area contributed by atoms with Gasteiger partial charge in [-0.25, -0.2) is 8.42 Å². The zero-order valence-electron chi connectivity index (χ0n) is 17.4. The number of halogens is 3. The van der Waals surface area contributed by atoms with E-state index in [1.807, 2.05) is 0 Å². The van der Waals surface area contributed by atoms with E-state index in [2.05, 4.69) is 0 Å². The number of amides is 1. The topological polar surface area (TPSA) is 70.2 Å². The van der Waals surface area contributed by atoms with Gasteiger partial charge in [0.25, 0.3) is 5.91 Å². The van der Waals surface area contributed by atoms with E-state index < -0.39 is 28.7 Å². The minimum atomic E-state index is -4.30. The van der Waals surface area contributed by atoms with Crippen LogP contribution in [0, 0.1) is 0 Å². The summed E-state index contributed by atoms with van der Waals surface area (Å²) < 4.78 is 70.2. The highest BCUT2D eigenvalue weighted by molar-refractivity contribution is 7.89. The van der Waals surface area contributed by atoms with E-state index >= 15 is 0 Å². The molecule has 7 nitrogen and oxygen atoms in total. The Bertz CT molecular complexity index is 842. The second kappa shape index (κ2) is 9.97. The fraction of sp³-hybridized carbons (Fsp3) is 0.632. The molecule has 2 rings (SSSR count). The predicted octanol–water partition coefficient (Wildman–Crippen LogP) is 2.44. The van der Waals surface area contributed by atoms with Crippen LogP contribution >= 0.6 is 0 Å². The lowest BCUT2D eigenvalue weighted by Gasteiger charge is -2.24. The number of alkyl halides is 3. The summed E-state index contributed by atoms with van der Waals surface area (Å²) in [5.74, 6) is -0.243. The van der Waals surface area contributed by atoms with E-state index in [0.29, 0.717) is 6.42 Å². The fourth-order valence-corrected chi connectivity index (χ4v) is 4.97. The van der Waals surface area contributed by atoms with Crippen molar-refractivity contribution in [2.75, 3.05) is 52.9 Å². The molecule has 11 heteroatoms. The third-order valence-electron chi connectivity index (χ3n) is 5.02. The molecule has 1 saturated heterocycles. The van der Waals surface area contributed by atoms with Gasteiger partial charge in [-0.1, -0.05) is 13.8 Å². The number of hydrogen-bond donors (Lipinski definition) is 0. The number of hydrogen-bond acceptors (Lipinski definition) is 5. The minimum Gasteiger partial charge on any atom is -0.496 e. The molecule has 0 bridgehead atoms. The zero-order chi connectivity index (χ0) is 22.5. The summed E-state index contributed by atoms with van der Waals surface area (Å²) >= 11 is 0. The number of carbonyl (C=O) groups is 1. The van der Waals surface area contributed by atoms with Crippen LogP contribution in [0.25, 0.3) is 0 Å². The van der Waals surface area contributed by atoms with Gasteiger partial charge in [-0.05, 0) is 24.6 Å². The molecule has 1 aliphatic heterocycles. The van der Waals surface area contributed by atoms with Crippen molar-refractivity contribution < 1.29 is 31.1 Å². The monoisotopic (exact) mass is 451 g/mol. The number of nitrogens with zero attached hydrogens (tertiary/aromatic N) is 3. The van der Waals surface area contributed by atoms with Crippen LogP contribution in [-0.4, -0.2) is 87.5 Å². The normalized spacial score (nSPS) is 16.6. The predicted molar refractivity (Wildman–Crippen MR) is 106 cm³/mol. The first-order chi connectivity index (χ1) is 14.0. The molecule has 0 aromatic heterocycles. The Balaban J connectivity index is 2.28. The molecule has 0 N–H and O–H groups in total. The molecule has 0 atom stereocenters. The maximum absolute atomic E-state index is 13.1. The number of rotatable bonds is 7. The van der Waals surface area contributed by atoms with Crippen molar-refractivity contribution in [3.8, 4) is 5.75 Å². The summed E-state index contributed by atoms with van der Waals surface area (Å²) in [6, 6.07) is 4.10. The summed E-state index contributed by atoms with van der Waals surface area (Å²) in [7, 11) is -2.40. The van der Waals surface area contributed by atoms with Gasteiger partial charge in [0.05, 0.1) is 24.1 Å². The van der Waals surface area contributed by atoms with Crippen LogP contribution in [0.15, 0.2) is 23.1 Å². The van der Waals surface area contributed by atoms with Crippen molar-refractivity contribution in [1.29, 1.82) is 0 Å². The standard InChI is InChI=1S/C19H28F3N3O4S/c1-4-25(5-2)30(27,28)15-7-8-17(29-3)16(13-15)18(26)24-10-6-9-23(11-12-24)14-19(20,21)22/h7-8,13H,4-6,9-12,14H2,1-3H3. The molecule has 1 aliphatic rings. The number of sulfonamides is 1. The minimum absolute atomic E-state index is 0.0242. The van der Waals surface area contributed by atoms with Crippen molar-refractivity contribution in [2.24, 2.45) is 0 Å². The number of ether oxygens (including phenoxy) is 1. The first-order valence-electron chi connectivity index (χ1n) is 9.80. The van der Waals surface area contributed by atoms with E-state index in [1.54, 1.807) is 13.8 Å². The molecule has 0 radical (unpaired) electrons. The Labute approximate surface area is 175 Å². The number of benzene rings is 1. The summed E-state index contributed by atoms with van der Waals surface area (Å²) in [6.07, 6.45) is -3.91. The molecular weight excluding hydrogens is 423 g/mol. The molecular formula is C19H28F3N3O4S. The lowest BCUT2D eigenvalue weighted by Crippen LogP contribution is -2.38. The highest BCUT2D eigenvalue weighted by Crippen LogP contribution is 2.26. The number of methoxy groups -OCH3 is 1. The highest BCUT2D eigenvalue weighted by Gasteiger charge is 2.32. The quantitative estimate of drug-likeness (QED) is 0.637. The van der Waals surface area contributed by atoms with Gasteiger partial charge in [-0.3, -0.25) is 9.69 Å². The van der Waals surface area contributed by atoms with E-state index in [9.17, 15) is 26.4 Å². The molecule has 170 valence electrons. The molecule has 1 heterocycles. The molecule has 0 saturated carbocycles. The first-order valence-corrected chi connectivity index (χ1v) is 11.2. The third-order valence-corrected chi connectivity index (χ3v) is 7.07. The maximum Gasteiger partial charge on any atom is 0.401 e. The van der Waals surface area contributed by atoms with Gasteiger partial charge < -0.3 is 9.64 Å². The Morgan fingerprint density at radius 3 is 2.37 bits per heavy atom. The Morgan fingerprint density at radius 1 is 1.13 bits per heavy atom. The second-order valence-corrected chi connectivity index (χ2v) is 8.93. The zero-order valence-corrected chi connectivity index (χ0v) is 18.2. The Kier molecular flexibility index (Phi) is 8.12. The lowest BCUT2D eigenvalue weighted by molar-refractivity contribution is -0.145. The SMILES string of the molecule is CCN(CC)S(=O)(=O)c1ccc(OC)c(C(=O)N2CCCN(CC(F)(F)F)CC2)c1. The highest BCUT2D eigenvalue weighted by atomic mass is 32.2.